The number of hydrogen-bond acceptors (Lipinski definition) is 2. The van der Waals surface area contributed by atoms with Crippen LogP contribution in [0.5, 0.6) is 0 Å². The van der Waals surface area contributed by atoms with Crippen molar-refractivity contribution in [2.75, 3.05) is 0 Å². The number of benzene rings is 1. The summed E-state index contributed by atoms with van der Waals surface area (Å²) in [6.45, 7) is 1.98. The molecule has 2 rings (SSSR count). The van der Waals surface area contributed by atoms with Crippen LogP contribution in [0.1, 0.15) is 20.8 Å². The molecule has 1 aromatic carbocycles. The Kier molecular flexibility index (Phi) is 3.62. The normalized spacial score (nSPS) is 10.4. The molecule has 0 atom stereocenters. The van der Waals surface area contributed by atoms with Gasteiger partial charge in [-0.25, -0.2) is 0 Å². The van der Waals surface area contributed by atoms with E-state index >= 15 is 0 Å². The lowest BCUT2D eigenvalue weighted by Gasteiger charge is -2.03. The van der Waals surface area contributed by atoms with Gasteiger partial charge in [0.2, 0.25) is 5.78 Å². The Bertz CT molecular complexity index is 546. The van der Waals surface area contributed by atoms with Crippen LogP contribution in [0, 0.1) is 6.92 Å². The van der Waals surface area contributed by atoms with Crippen molar-refractivity contribution in [3.8, 4) is 0 Å². The first-order chi connectivity index (χ1) is 7.58. The highest BCUT2D eigenvalue weighted by Crippen LogP contribution is 2.27. The van der Waals surface area contributed by atoms with Crippen LogP contribution in [0.15, 0.2) is 38.6 Å². The molecule has 0 unspecified atom stereocenters. The molecule has 0 N–H and O–H groups in total. The molecule has 0 saturated carbocycles. The summed E-state index contributed by atoms with van der Waals surface area (Å²) in [7, 11) is 0. The van der Waals surface area contributed by atoms with Crippen LogP contribution in [0.25, 0.3) is 0 Å². The third-order valence-electron chi connectivity index (χ3n) is 2.16. The van der Waals surface area contributed by atoms with Gasteiger partial charge in [0.15, 0.2) is 0 Å². The zero-order valence-electron chi connectivity index (χ0n) is 8.46. The van der Waals surface area contributed by atoms with Crippen molar-refractivity contribution in [3.05, 3.63) is 54.6 Å². The highest BCUT2D eigenvalue weighted by molar-refractivity contribution is 9.11. The maximum Gasteiger partial charge on any atom is 0.204 e. The maximum atomic E-state index is 12.2. The maximum absolute atomic E-state index is 12.2. The smallest absolute Gasteiger partial charge is 0.204 e. The Morgan fingerprint density at radius 1 is 1.19 bits per heavy atom. The fourth-order valence-corrected chi connectivity index (χ4v) is 3.15. The van der Waals surface area contributed by atoms with Gasteiger partial charge < -0.3 is 0 Å². The summed E-state index contributed by atoms with van der Waals surface area (Å²) in [4.78, 5) is 12.9. The van der Waals surface area contributed by atoms with Crippen molar-refractivity contribution in [3.63, 3.8) is 0 Å². The van der Waals surface area contributed by atoms with Gasteiger partial charge in [0.25, 0.3) is 0 Å². The van der Waals surface area contributed by atoms with Gasteiger partial charge in [0, 0.05) is 10.0 Å². The van der Waals surface area contributed by atoms with Gasteiger partial charge in [-0.2, -0.15) is 0 Å². The van der Waals surface area contributed by atoms with E-state index in [0.29, 0.717) is 5.56 Å². The summed E-state index contributed by atoms with van der Waals surface area (Å²) < 4.78 is 1.81. The van der Waals surface area contributed by atoms with E-state index in [1.54, 1.807) is 0 Å². The first-order valence-electron chi connectivity index (χ1n) is 4.64. The van der Waals surface area contributed by atoms with Crippen LogP contribution >= 0.6 is 43.2 Å². The molecule has 1 aromatic heterocycles. The monoisotopic (exact) mass is 358 g/mol. The van der Waals surface area contributed by atoms with Crippen LogP contribution in [0.3, 0.4) is 0 Å². The Hall–Kier alpha value is -0.450. The minimum absolute atomic E-state index is 0.0614. The van der Waals surface area contributed by atoms with E-state index in [1.165, 1.54) is 11.3 Å². The van der Waals surface area contributed by atoms with Gasteiger partial charge in [0.05, 0.1) is 8.66 Å². The predicted molar refractivity (Wildman–Crippen MR) is 74.3 cm³/mol. The highest BCUT2D eigenvalue weighted by atomic mass is 79.9. The third-order valence-corrected chi connectivity index (χ3v) is 4.48. The number of ketones is 1. The topological polar surface area (TPSA) is 17.1 Å². The van der Waals surface area contributed by atoms with Crippen molar-refractivity contribution in [1.29, 1.82) is 0 Å². The standard InChI is InChI=1S/C12H8Br2OS/c1-7-2-3-9(13)8(6-7)12(15)10-4-5-11(14)16-10/h2-6H,1H3. The van der Waals surface area contributed by atoms with E-state index in [1.807, 2.05) is 37.3 Å². The number of hydrogen-bond donors (Lipinski definition) is 0. The molecule has 0 bridgehead atoms. The van der Waals surface area contributed by atoms with Gasteiger partial charge in [-0.15, -0.1) is 11.3 Å². The molecule has 4 heteroatoms. The number of carbonyl (C=O) groups is 1. The lowest BCUT2D eigenvalue weighted by molar-refractivity contribution is 0.104. The van der Waals surface area contributed by atoms with E-state index in [2.05, 4.69) is 31.9 Å². The molecule has 0 aliphatic rings. The van der Waals surface area contributed by atoms with E-state index in [-0.39, 0.29) is 5.78 Å². The molecule has 0 aliphatic carbocycles. The Labute approximate surface area is 115 Å². The van der Waals surface area contributed by atoms with Gasteiger partial charge in [0.1, 0.15) is 0 Å². The minimum Gasteiger partial charge on any atom is -0.288 e. The molecular formula is C12H8Br2OS. The molecular weight excluding hydrogens is 352 g/mol. The quantitative estimate of drug-likeness (QED) is 0.703. The second kappa shape index (κ2) is 4.82. The molecule has 0 radical (unpaired) electrons. The van der Waals surface area contributed by atoms with Crippen LogP contribution < -0.4 is 0 Å². The molecule has 0 spiro atoms. The molecule has 0 amide bonds. The van der Waals surface area contributed by atoms with E-state index < -0.39 is 0 Å². The first kappa shape index (κ1) is 12.0. The van der Waals surface area contributed by atoms with Crippen molar-refractivity contribution in [2.24, 2.45) is 0 Å². The zero-order valence-corrected chi connectivity index (χ0v) is 12.4. The number of halogens is 2. The summed E-state index contributed by atoms with van der Waals surface area (Å²) in [5, 5.41) is 0. The molecule has 82 valence electrons. The molecule has 1 nitrogen and oxygen atoms in total. The van der Waals surface area contributed by atoms with Crippen molar-refractivity contribution in [1.82, 2.24) is 0 Å². The van der Waals surface area contributed by atoms with E-state index in [9.17, 15) is 4.79 Å². The van der Waals surface area contributed by atoms with Crippen LogP contribution in [0.4, 0.5) is 0 Å². The number of thiophene rings is 1. The van der Waals surface area contributed by atoms with Crippen molar-refractivity contribution < 1.29 is 4.79 Å². The van der Waals surface area contributed by atoms with Crippen LogP contribution in [-0.4, -0.2) is 5.78 Å². The fourth-order valence-electron chi connectivity index (χ4n) is 1.38. The van der Waals surface area contributed by atoms with Crippen LogP contribution in [0.2, 0.25) is 0 Å². The van der Waals surface area contributed by atoms with Gasteiger partial charge in [-0.1, -0.05) is 27.6 Å². The SMILES string of the molecule is Cc1ccc(Br)c(C(=O)c2ccc(Br)s2)c1. The summed E-state index contributed by atoms with van der Waals surface area (Å²) in [6, 6.07) is 9.52. The number of rotatable bonds is 2. The molecule has 2 aromatic rings. The van der Waals surface area contributed by atoms with Gasteiger partial charge in [-0.3, -0.25) is 4.79 Å². The second-order valence-electron chi connectivity index (χ2n) is 3.42. The fraction of sp³-hybridized carbons (Fsp3) is 0.0833. The Morgan fingerprint density at radius 3 is 2.56 bits per heavy atom. The average Bonchev–Trinajstić information content (AvgIpc) is 2.67. The Morgan fingerprint density at radius 2 is 1.94 bits per heavy atom. The van der Waals surface area contributed by atoms with E-state index in [0.717, 1.165) is 18.7 Å². The molecule has 0 fully saturated rings. The summed E-state index contributed by atoms with van der Waals surface area (Å²) >= 11 is 8.22. The summed E-state index contributed by atoms with van der Waals surface area (Å²) in [5.74, 6) is 0.0614. The predicted octanol–water partition coefficient (Wildman–Crippen LogP) is 4.81. The van der Waals surface area contributed by atoms with Crippen molar-refractivity contribution >= 4 is 49.0 Å². The summed E-state index contributed by atoms with van der Waals surface area (Å²) in [5.41, 5.74) is 1.80. The molecule has 16 heavy (non-hydrogen) atoms. The first-order valence-corrected chi connectivity index (χ1v) is 7.04. The zero-order chi connectivity index (χ0) is 11.7. The number of carbonyl (C=O) groups excluding carboxylic acids is 1. The van der Waals surface area contributed by atoms with E-state index in [4.69, 9.17) is 0 Å². The molecule has 0 saturated heterocycles. The molecule has 1 heterocycles. The molecule has 0 aliphatic heterocycles. The largest absolute Gasteiger partial charge is 0.288 e. The summed E-state index contributed by atoms with van der Waals surface area (Å²) in [6.07, 6.45) is 0. The Balaban J connectivity index is 2.45. The van der Waals surface area contributed by atoms with Crippen molar-refractivity contribution in [2.45, 2.75) is 6.92 Å². The van der Waals surface area contributed by atoms with Gasteiger partial charge >= 0.3 is 0 Å². The highest BCUT2D eigenvalue weighted by Gasteiger charge is 2.14. The third kappa shape index (κ3) is 2.44. The van der Waals surface area contributed by atoms with Gasteiger partial charge in [-0.05, 0) is 47.1 Å². The minimum atomic E-state index is 0.0614. The lowest BCUT2D eigenvalue weighted by atomic mass is 10.1. The second-order valence-corrected chi connectivity index (χ2v) is 6.73. The lowest BCUT2D eigenvalue weighted by Crippen LogP contribution is -2.00. The van der Waals surface area contributed by atoms with Crippen LogP contribution in [-0.2, 0) is 0 Å². The number of aryl methyl sites for hydroxylation is 1. The average molecular weight is 360 g/mol.